The normalized spacial score (nSPS) is 10.9. The number of aliphatic hydroxyl groups is 1. The molecule has 14 heteroatoms. The van der Waals surface area contributed by atoms with Crippen molar-refractivity contribution in [1.82, 2.24) is 15.0 Å². The molecule has 16 rings (SSSR count). The molecule has 0 bridgehead atoms. The van der Waals surface area contributed by atoms with Gasteiger partial charge in [-0.3, -0.25) is 0 Å². The number of aryl methyl sites for hydroxylation is 3. The van der Waals surface area contributed by atoms with Gasteiger partial charge in [0.15, 0.2) is 0 Å². The number of nitrogens with zero attached hydrogens (tertiary/aromatic N) is 3. The molecule has 3 aromatic heterocycles. The third-order valence-electron chi connectivity index (χ3n) is 18.0. The van der Waals surface area contributed by atoms with Crippen LogP contribution in [0.2, 0.25) is 0 Å². The highest BCUT2D eigenvalue weighted by molar-refractivity contribution is 6.40. The van der Waals surface area contributed by atoms with Gasteiger partial charge in [0.2, 0.25) is 0 Å². The highest BCUT2D eigenvalue weighted by atomic mass is 27.3. The summed E-state index contributed by atoms with van der Waals surface area (Å²) in [7, 11) is 0. The van der Waals surface area contributed by atoms with E-state index in [1.54, 1.807) is 19.1 Å². The molecule has 0 saturated heterocycles. The number of rotatable bonds is 18. The first-order valence-electron chi connectivity index (χ1n) is 37.6. The van der Waals surface area contributed by atoms with Gasteiger partial charge < -0.3 is 38.1 Å². The second kappa shape index (κ2) is 38.2. The molecule has 3 heterocycles. The van der Waals surface area contributed by atoms with E-state index in [-0.39, 0.29) is 30.7 Å². The van der Waals surface area contributed by atoms with E-state index in [1.807, 2.05) is 184 Å². The number of hydrogen-bond acceptors (Lipinski definition) is 12. The molecule has 16 aromatic rings. The molecule has 0 spiro atoms. The second-order valence-corrected chi connectivity index (χ2v) is 30.2. The van der Waals surface area contributed by atoms with Gasteiger partial charge in [-0.2, -0.15) is 0 Å². The van der Waals surface area contributed by atoms with Crippen molar-refractivity contribution in [3.05, 3.63) is 339 Å². The van der Waals surface area contributed by atoms with Crippen LogP contribution in [-0.4, -0.2) is 85.5 Å². The molecule has 0 saturated carbocycles. The lowest BCUT2D eigenvalue weighted by Crippen LogP contribution is -2.37. The molecule has 111 heavy (non-hydrogen) atoms. The number of para-hydroxylation sites is 3. The number of aromatic nitrogens is 3. The van der Waals surface area contributed by atoms with Crippen LogP contribution in [0.15, 0.2) is 322 Å². The average molecular weight is 1500 g/mol. The van der Waals surface area contributed by atoms with E-state index in [1.165, 1.54) is 33.4 Å². The van der Waals surface area contributed by atoms with Crippen LogP contribution in [0.5, 0.6) is 28.7 Å². The van der Waals surface area contributed by atoms with Gasteiger partial charge in [0.25, 0.3) is 0 Å². The first-order valence-corrected chi connectivity index (χ1v) is 40.4. The summed E-state index contributed by atoms with van der Waals surface area (Å²) >= 11 is -4.94. The minimum Gasteiger partial charge on any atom is -0.577 e. The molecule has 0 radical (unpaired) electrons. The summed E-state index contributed by atoms with van der Waals surface area (Å²) in [5.41, 5.74) is 18.8. The first-order chi connectivity index (χ1) is 53.9. The smallest absolute Gasteiger partial charge is 0.577 e. The third kappa shape index (κ3) is 20.9. The molecule has 554 valence electrons. The van der Waals surface area contributed by atoms with Gasteiger partial charge >= 0.3 is 30.3 Å². The summed E-state index contributed by atoms with van der Waals surface area (Å²) < 4.78 is 37.1. The zero-order valence-electron chi connectivity index (χ0n) is 64.3. The Kier molecular flexibility index (Phi) is 27.2. The van der Waals surface area contributed by atoms with Crippen molar-refractivity contribution in [3.63, 3.8) is 0 Å². The van der Waals surface area contributed by atoms with Crippen LogP contribution in [0.3, 0.4) is 0 Å². The summed E-state index contributed by atoms with van der Waals surface area (Å²) in [6.07, 6.45) is 0.525. The highest BCUT2D eigenvalue weighted by Gasteiger charge is 2.46. The molecule has 0 amide bonds. The summed E-state index contributed by atoms with van der Waals surface area (Å²) in [5.74, 6) is 2.47. The molecule has 0 unspecified atom stereocenters. The quantitative estimate of drug-likeness (QED) is 0.0701. The van der Waals surface area contributed by atoms with E-state index in [0.717, 1.165) is 99.2 Å². The van der Waals surface area contributed by atoms with Crippen molar-refractivity contribution in [2.75, 3.05) is 6.61 Å². The van der Waals surface area contributed by atoms with Crippen molar-refractivity contribution in [3.8, 4) is 95.5 Å². The maximum atomic E-state index is 10.3. The standard InChI is InChI=1S/2C28H20O.3C10H9NO.3C3H7O.C2H6O.2Al/c2*29-28-16-15-25(26-13-7-8-14-27(26)28)24-18-22(20-9-3-1-4-10-20)17-23(19-24)21-11-5-2-6-12-21;3*1-7-5-6-8-3-2-4-9(12)10(8)11-7;3*1-3(2)4;1-2-3;;/h2*1-19,29H;3*2-6,12H,1H3;3*3H,1-2H3;3H,2H2,1H3;;/q;;;;;3*-1;;2*+3/p-3. The Labute approximate surface area is 661 Å². The predicted octanol–water partition coefficient (Wildman–Crippen LogP) is 24.1. The van der Waals surface area contributed by atoms with E-state index in [2.05, 4.69) is 193 Å². The number of aromatic hydroxyl groups is 2. The Morgan fingerprint density at radius 3 is 0.991 bits per heavy atom. The Hall–Kier alpha value is -11.5. The molecule has 12 nitrogen and oxygen atoms in total. The van der Waals surface area contributed by atoms with Crippen LogP contribution in [0, 0.1) is 20.8 Å². The lowest BCUT2D eigenvalue weighted by atomic mass is 9.91. The fourth-order valence-corrected chi connectivity index (χ4v) is 15.8. The van der Waals surface area contributed by atoms with Crippen molar-refractivity contribution >= 4 is 84.6 Å². The lowest BCUT2D eigenvalue weighted by molar-refractivity contribution is 0.0335. The molecular weight excluding hydrogens is 1410 g/mol. The first kappa shape index (κ1) is 79.1. The monoisotopic (exact) mass is 1500 g/mol. The molecule has 0 aliphatic rings. The van der Waals surface area contributed by atoms with Crippen molar-refractivity contribution < 1.29 is 38.1 Å². The summed E-state index contributed by atoms with van der Waals surface area (Å²) in [6, 6.07) is 109. The lowest BCUT2D eigenvalue weighted by Gasteiger charge is -2.20. The minimum atomic E-state index is -3.04. The van der Waals surface area contributed by atoms with Gasteiger partial charge in [0.05, 0.1) is 5.75 Å². The Morgan fingerprint density at radius 1 is 0.279 bits per heavy atom. The SMILES string of the molecule is CC(C)[O][Al]([O]C(C)C)[O]C(C)C.CCO.Cc1ccc2cccc(O)c2n1.Cc1ccc2cccc([O][Al]([O]c3ccc(-c4cc(-c5ccccc5)cc(-c5ccccc5)c4)c4ccccc34)[O]c3cccc4ccc(C)nc34)c2n1.Oc1ccc(-c2cc(-c3ccccc3)cc(-c3ccccc3)c2)c2ccccc12. The summed E-state index contributed by atoms with van der Waals surface area (Å²) in [6.45, 7) is 19.8. The van der Waals surface area contributed by atoms with Gasteiger partial charge in [0.1, 0.15) is 39.5 Å². The highest BCUT2D eigenvalue weighted by Crippen LogP contribution is 2.42. The molecule has 0 aliphatic carbocycles. The summed E-state index contributed by atoms with van der Waals surface area (Å²) in [4.78, 5) is 13.9. The van der Waals surface area contributed by atoms with Crippen LogP contribution in [0.1, 0.15) is 65.5 Å². The van der Waals surface area contributed by atoms with Gasteiger partial charge in [-0.25, -0.2) is 15.0 Å². The Balaban J connectivity index is 0.000000165. The van der Waals surface area contributed by atoms with E-state index >= 15 is 0 Å². The fraction of sp³-hybridized carbons (Fsp3) is 0.144. The molecule has 0 aliphatic heterocycles. The van der Waals surface area contributed by atoms with E-state index in [4.69, 9.17) is 37.8 Å². The van der Waals surface area contributed by atoms with E-state index < -0.39 is 30.3 Å². The van der Waals surface area contributed by atoms with Gasteiger partial charge in [0, 0.05) is 68.9 Å². The Morgan fingerprint density at radius 2 is 0.595 bits per heavy atom. The van der Waals surface area contributed by atoms with Gasteiger partial charge in [-0.1, -0.05) is 237 Å². The Bertz CT molecular complexity index is 5530. The third-order valence-corrected chi connectivity index (χ3v) is 21.6. The number of benzene rings is 13. The second-order valence-electron chi connectivity index (χ2n) is 27.6. The average Bonchev–Trinajstić information content (AvgIpc) is 0.775. The maximum absolute atomic E-state index is 10.3. The van der Waals surface area contributed by atoms with Crippen LogP contribution < -0.4 is 11.4 Å². The van der Waals surface area contributed by atoms with Crippen LogP contribution >= 0.6 is 0 Å². The molecule has 0 atom stereocenters. The number of pyridine rings is 3. The van der Waals surface area contributed by atoms with Crippen molar-refractivity contribution in [2.24, 2.45) is 0 Å². The zero-order valence-corrected chi connectivity index (χ0v) is 66.6. The maximum Gasteiger partial charge on any atom is 1.20 e. The number of aliphatic hydroxyl groups excluding tert-OH is 1. The van der Waals surface area contributed by atoms with Gasteiger partial charge in [-0.15, -0.1) is 0 Å². The topological polar surface area (TPSA) is 155 Å². The van der Waals surface area contributed by atoms with Crippen LogP contribution in [-0.2, 0) is 11.4 Å². The minimum absolute atomic E-state index is 0.175. The summed E-state index contributed by atoms with van der Waals surface area (Å²) in [5, 5.41) is 34.2. The van der Waals surface area contributed by atoms with Crippen LogP contribution in [0.4, 0.5) is 0 Å². The number of hydrogen-bond donors (Lipinski definition) is 3. The van der Waals surface area contributed by atoms with E-state index in [9.17, 15) is 10.2 Å². The number of phenolic OH excluding ortho intramolecular Hbond substituents is 2. The largest absolute Gasteiger partial charge is 1.20 e. The molecular formula is C97H91Al2N3O9. The number of fused-ring (bicyclic) bond motifs is 5. The van der Waals surface area contributed by atoms with Crippen LogP contribution in [0.25, 0.3) is 121 Å². The molecule has 3 N–H and O–H groups in total. The predicted molar refractivity (Wildman–Crippen MR) is 458 cm³/mol. The molecule has 0 fully saturated rings. The van der Waals surface area contributed by atoms with Crippen molar-refractivity contribution in [1.29, 1.82) is 0 Å². The fourth-order valence-electron chi connectivity index (χ4n) is 12.9. The molecule has 13 aromatic carbocycles. The van der Waals surface area contributed by atoms with Crippen molar-refractivity contribution in [2.45, 2.75) is 87.5 Å². The van der Waals surface area contributed by atoms with E-state index in [0.29, 0.717) is 28.5 Å². The number of phenols is 2. The zero-order chi connectivity index (χ0) is 77.8. The van der Waals surface area contributed by atoms with Gasteiger partial charge in [-0.05, 0) is 232 Å².